The molecule has 1 N–H and O–H groups in total. The van der Waals surface area contributed by atoms with Crippen LogP contribution in [-0.2, 0) is 4.79 Å². The van der Waals surface area contributed by atoms with Crippen LogP contribution in [0.1, 0.15) is 41.6 Å². The van der Waals surface area contributed by atoms with Crippen molar-refractivity contribution >= 4 is 23.3 Å². The highest BCUT2D eigenvalue weighted by molar-refractivity contribution is 6.04. The molecule has 2 fully saturated rings. The standard InChI is InChI=1S/C23H28N4O2/c1-17-6-8-18(9-7-17)22(28)25-20-10-11-21(24-16-20)26-12-14-27(15-13-26)23(29)19-4-2-3-5-19/h6-11,16,19H,2-5,12-15H2,1H3,(H,25,28). The van der Waals surface area contributed by atoms with E-state index in [-0.39, 0.29) is 11.8 Å². The zero-order chi connectivity index (χ0) is 20.2. The van der Waals surface area contributed by atoms with Crippen LogP contribution in [-0.4, -0.2) is 47.9 Å². The van der Waals surface area contributed by atoms with Gasteiger partial charge in [-0.1, -0.05) is 30.5 Å². The molecule has 0 bridgehead atoms. The van der Waals surface area contributed by atoms with Crippen molar-refractivity contribution in [1.29, 1.82) is 0 Å². The molecule has 0 radical (unpaired) electrons. The van der Waals surface area contributed by atoms with Gasteiger partial charge in [0.1, 0.15) is 5.82 Å². The fourth-order valence-corrected chi connectivity index (χ4v) is 4.14. The van der Waals surface area contributed by atoms with Crippen LogP contribution in [0.2, 0.25) is 0 Å². The molecule has 1 aromatic carbocycles. The Balaban J connectivity index is 1.31. The third-order valence-corrected chi connectivity index (χ3v) is 5.94. The molecule has 1 saturated carbocycles. The van der Waals surface area contributed by atoms with Gasteiger partial charge in [0.05, 0.1) is 11.9 Å². The Morgan fingerprint density at radius 1 is 0.966 bits per heavy atom. The van der Waals surface area contributed by atoms with Crippen LogP contribution in [0.25, 0.3) is 0 Å². The van der Waals surface area contributed by atoms with E-state index in [1.54, 1.807) is 6.20 Å². The molecule has 1 aromatic heterocycles. The number of amides is 2. The molecular weight excluding hydrogens is 364 g/mol. The molecule has 1 aliphatic carbocycles. The summed E-state index contributed by atoms with van der Waals surface area (Å²) in [7, 11) is 0. The van der Waals surface area contributed by atoms with Crippen LogP contribution in [0.4, 0.5) is 11.5 Å². The molecule has 29 heavy (non-hydrogen) atoms. The Labute approximate surface area is 171 Å². The number of piperazine rings is 1. The van der Waals surface area contributed by atoms with E-state index < -0.39 is 0 Å². The molecule has 152 valence electrons. The summed E-state index contributed by atoms with van der Waals surface area (Å²) in [5.41, 5.74) is 2.43. The molecule has 2 aliphatic rings. The third kappa shape index (κ3) is 4.58. The quantitative estimate of drug-likeness (QED) is 0.865. The lowest BCUT2D eigenvalue weighted by Crippen LogP contribution is -2.50. The highest BCUT2D eigenvalue weighted by Gasteiger charge is 2.29. The van der Waals surface area contributed by atoms with Crippen molar-refractivity contribution < 1.29 is 9.59 Å². The Kier molecular flexibility index (Phi) is 5.79. The van der Waals surface area contributed by atoms with E-state index in [4.69, 9.17) is 0 Å². The van der Waals surface area contributed by atoms with E-state index >= 15 is 0 Å². The number of benzene rings is 1. The Bertz CT molecular complexity index is 849. The van der Waals surface area contributed by atoms with Crippen molar-refractivity contribution in [2.24, 2.45) is 5.92 Å². The largest absolute Gasteiger partial charge is 0.353 e. The molecular formula is C23H28N4O2. The Morgan fingerprint density at radius 2 is 1.66 bits per heavy atom. The predicted molar refractivity (Wildman–Crippen MR) is 114 cm³/mol. The highest BCUT2D eigenvalue weighted by atomic mass is 16.2. The molecule has 0 unspecified atom stereocenters. The second-order valence-electron chi connectivity index (χ2n) is 8.02. The van der Waals surface area contributed by atoms with Gasteiger partial charge < -0.3 is 15.1 Å². The first-order valence-corrected chi connectivity index (χ1v) is 10.5. The van der Waals surface area contributed by atoms with Gasteiger partial charge in [-0.25, -0.2) is 4.98 Å². The van der Waals surface area contributed by atoms with Crippen LogP contribution in [0.5, 0.6) is 0 Å². The van der Waals surface area contributed by atoms with Crippen molar-refractivity contribution in [1.82, 2.24) is 9.88 Å². The summed E-state index contributed by atoms with van der Waals surface area (Å²) >= 11 is 0. The van der Waals surface area contributed by atoms with Gasteiger partial charge >= 0.3 is 0 Å². The summed E-state index contributed by atoms with van der Waals surface area (Å²) < 4.78 is 0. The number of nitrogens with one attached hydrogen (secondary N) is 1. The van der Waals surface area contributed by atoms with Gasteiger partial charge in [0.25, 0.3) is 5.91 Å². The topological polar surface area (TPSA) is 65.5 Å². The monoisotopic (exact) mass is 392 g/mol. The normalized spacial score (nSPS) is 17.4. The molecule has 1 saturated heterocycles. The Hall–Kier alpha value is -2.89. The zero-order valence-electron chi connectivity index (χ0n) is 16.9. The molecule has 0 spiro atoms. The van der Waals surface area contributed by atoms with E-state index in [0.717, 1.165) is 50.4 Å². The lowest BCUT2D eigenvalue weighted by molar-refractivity contribution is -0.135. The first-order valence-electron chi connectivity index (χ1n) is 10.5. The van der Waals surface area contributed by atoms with Crippen molar-refractivity contribution in [2.75, 3.05) is 36.4 Å². The number of pyridine rings is 1. The van der Waals surface area contributed by atoms with Crippen LogP contribution >= 0.6 is 0 Å². The molecule has 6 nitrogen and oxygen atoms in total. The third-order valence-electron chi connectivity index (χ3n) is 5.94. The first kappa shape index (κ1) is 19.4. The van der Waals surface area contributed by atoms with E-state index in [0.29, 0.717) is 17.2 Å². The molecule has 6 heteroatoms. The van der Waals surface area contributed by atoms with Crippen molar-refractivity contribution in [3.63, 3.8) is 0 Å². The highest BCUT2D eigenvalue weighted by Crippen LogP contribution is 2.27. The number of anilines is 2. The number of carbonyl (C=O) groups excluding carboxylic acids is 2. The maximum atomic E-state index is 12.6. The van der Waals surface area contributed by atoms with Crippen molar-refractivity contribution in [3.05, 3.63) is 53.7 Å². The van der Waals surface area contributed by atoms with E-state index in [9.17, 15) is 9.59 Å². The minimum absolute atomic E-state index is 0.140. The van der Waals surface area contributed by atoms with Gasteiger partial charge in [0.15, 0.2) is 0 Å². The molecule has 2 heterocycles. The summed E-state index contributed by atoms with van der Waals surface area (Å²) in [5, 5.41) is 2.89. The van der Waals surface area contributed by atoms with E-state index in [1.807, 2.05) is 48.2 Å². The summed E-state index contributed by atoms with van der Waals surface area (Å²) in [6, 6.07) is 11.3. The fraction of sp³-hybridized carbons (Fsp3) is 0.435. The molecule has 0 atom stereocenters. The molecule has 4 rings (SSSR count). The first-order chi connectivity index (χ1) is 14.1. The maximum Gasteiger partial charge on any atom is 0.255 e. The second kappa shape index (κ2) is 8.64. The minimum Gasteiger partial charge on any atom is -0.353 e. The van der Waals surface area contributed by atoms with Crippen LogP contribution in [0, 0.1) is 12.8 Å². The number of nitrogens with zero attached hydrogens (tertiary/aromatic N) is 3. The minimum atomic E-state index is -0.140. The smallest absolute Gasteiger partial charge is 0.255 e. The summed E-state index contributed by atoms with van der Waals surface area (Å²) in [6.07, 6.45) is 6.17. The summed E-state index contributed by atoms with van der Waals surface area (Å²) in [4.78, 5) is 33.6. The number of rotatable bonds is 4. The van der Waals surface area contributed by atoms with Crippen molar-refractivity contribution in [2.45, 2.75) is 32.6 Å². The van der Waals surface area contributed by atoms with Crippen LogP contribution in [0.15, 0.2) is 42.6 Å². The van der Waals surface area contributed by atoms with Gasteiger partial charge in [-0.2, -0.15) is 0 Å². The summed E-state index contributed by atoms with van der Waals surface area (Å²) in [6.45, 7) is 5.09. The average molecular weight is 393 g/mol. The number of hydrogen-bond acceptors (Lipinski definition) is 4. The van der Waals surface area contributed by atoms with E-state index in [1.165, 1.54) is 12.8 Å². The SMILES string of the molecule is Cc1ccc(C(=O)Nc2ccc(N3CCN(C(=O)C4CCCC4)CC3)nc2)cc1. The van der Waals surface area contributed by atoms with Gasteiger partial charge in [-0.15, -0.1) is 0 Å². The number of aromatic nitrogens is 1. The number of aryl methyl sites for hydroxylation is 1. The van der Waals surface area contributed by atoms with Gasteiger partial charge in [-0.05, 0) is 44.0 Å². The fourth-order valence-electron chi connectivity index (χ4n) is 4.14. The lowest BCUT2D eigenvalue weighted by atomic mass is 10.1. The number of hydrogen-bond donors (Lipinski definition) is 1. The number of carbonyl (C=O) groups is 2. The molecule has 1 aliphatic heterocycles. The van der Waals surface area contributed by atoms with E-state index in [2.05, 4.69) is 15.2 Å². The predicted octanol–water partition coefficient (Wildman–Crippen LogP) is 3.48. The maximum absolute atomic E-state index is 12.6. The van der Waals surface area contributed by atoms with Gasteiger partial charge in [0.2, 0.25) is 5.91 Å². The van der Waals surface area contributed by atoms with Crippen molar-refractivity contribution in [3.8, 4) is 0 Å². The van der Waals surface area contributed by atoms with Gasteiger partial charge in [0, 0.05) is 37.7 Å². The Morgan fingerprint density at radius 3 is 2.28 bits per heavy atom. The average Bonchev–Trinajstić information content (AvgIpc) is 3.29. The second-order valence-corrected chi connectivity index (χ2v) is 8.02. The van der Waals surface area contributed by atoms with Gasteiger partial charge in [-0.3, -0.25) is 9.59 Å². The van der Waals surface area contributed by atoms with Crippen LogP contribution in [0.3, 0.4) is 0 Å². The molecule has 2 amide bonds. The lowest BCUT2D eigenvalue weighted by Gasteiger charge is -2.36. The molecule has 2 aromatic rings. The van der Waals surface area contributed by atoms with Crippen LogP contribution < -0.4 is 10.2 Å². The summed E-state index contributed by atoms with van der Waals surface area (Å²) in [5.74, 6) is 1.32. The zero-order valence-corrected chi connectivity index (χ0v) is 16.9.